The molecule has 0 aromatic carbocycles. The van der Waals surface area contributed by atoms with Crippen molar-refractivity contribution in [2.24, 2.45) is 10.8 Å². The van der Waals surface area contributed by atoms with Gasteiger partial charge in [-0.25, -0.2) is 0 Å². The third-order valence-electron chi connectivity index (χ3n) is 3.69. The van der Waals surface area contributed by atoms with Crippen molar-refractivity contribution in [1.29, 1.82) is 0 Å². The molecular weight excluding hydrogens is 378 g/mol. The van der Waals surface area contributed by atoms with Crippen LogP contribution in [0, 0.1) is 23.0 Å². The predicted molar refractivity (Wildman–Crippen MR) is 80.1 cm³/mol. The van der Waals surface area contributed by atoms with Gasteiger partial charge in [0.2, 0.25) is 0 Å². The van der Waals surface area contributed by atoms with Gasteiger partial charge in [-0.1, -0.05) is 67.2 Å². The number of rotatable bonds is 0. The minimum Gasteiger partial charge on any atom is -1.00 e. The standard InChI is InChI=1S/2C9H15.2ClH.Zr/c2*1-9(2,3)8-6-4-5-7-8;;;/h2*4-6H2,1-3H3;2*1H;/q2*-1;;;+4/p-2. The Bertz CT molecular complexity index is 296. The molecule has 0 radical (unpaired) electrons. The van der Waals surface area contributed by atoms with Crippen LogP contribution in [-0.2, 0) is 26.2 Å². The molecule has 0 nitrogen and oxygen atoms in total. The van der Waals surface area contributed by atoms with Crippen LogP contribution in [0.2, 0.25) is 0 Å². The summed E-state index contributed by atoms with van der Waals surface area (Å²) in [4.78, 5) is 0. The molecule has 0 heterocycles. The second kappa shape index (κ2) is 11.5. The Balaban J connectivity index is -0.000000270. The summed E-state index contributed by atoms with van der Waals surface area (Å²) in [6.07, 6.45) is 14.4. The molecule has 3 heteroatoms. The molecule has 2 aliphatic carbocycles. The topological polar surface area (TPSA) is 0 Å². The summed E-state index contributed by atoms with van der Waals surface area (Å²) in [5, 5.41) is 0. The van der Waals surface area contributed by atoms with Gasteiger partial charge in [0.25, 0.3) is 0 Å². The van der Waals surface area contributed by atoms with Crippen LogP contribution in [-0.4, -0.2) is 0 Å². The van der Waals surface area contributed by atoms with Crippen molar-refractivity contribution in [3.63, 3.8) is 0 Å². The van der Waals surface area contributed by atoms with Gasteiger partial charge in [-0.2, -0.15) is 12.8 Å². The van der Waals surface area contributed by atoms with Gasteiger partial charge >= 0.3 is 26.2 Å². The largest absolute Gasteiger partial charge is 4.00 e. The van der Waals surface area contributed by atoms with Crippen LogP contribution >= 0.6 is 0 Å². The zero-order valence-electron chi connectivity index (χ0n) is 14.5. The van der Waals surface area contributed by atoms with Crippen molar-refractivity contribution in [3.05, 3.63) is 23.3 Å². The first-order valence-electron chi connectivity index (χ1n) is 7.41. The van der Waals surface area contributed by atoms with E-state index in [1.807, 2.05) is 0 Å². The van der Waals surface area contributed by atoms with Gasteiger partial charge in [0.15, 0.2) is 0 Å². The molecule has 2 aliphatic rings. The minimum absolute atomic E-state index is 0. The van der Waals surface area contributed by atoms with E-state index < -0.39 is 0 Å². The van der Waals surface area contributed by atoms with E-state index in [1.165, 1.54) is 49.7 Å². The summed E-state index contributed by atoms with van der Waals surface area (Å²) in [6, 6.07) is 0. The van der Waals surface area contributed by atoms with Crippen LogP contribution in [0.15, 0.2) is 11.1 Å². The summed E-state index contributed by atoms with van der Waals surface area (Å²) < 4.78 is 0. The average Bonchev–Trinajstić information content (AvgIpc) is 2.91. The summed E-state index contributed by atoms with van der Waals surface area (Å²) >= 11 is 0. The van der Waals surface area contributed by atoms with Gasteiger partial charge in [0.05, 0.1) is 0 Å². The molecule has 0 N–H and O–H groups in total. The zero-order valence-corrected chi connectivity index (χ0v) is 18.5. The van der Waals surface area contributed by atoms with E-state index in [2.05, 4.69) is 53.7 Å². The van der Waals surface area contributed by atoms with E-state index in [1.54, 1.807) is 0 Å². The average molecular weight is 409 g/mol. The van der Waals surface area contributed by atoms with Gasteiger partial charge in [-0.15, -0.1) is 0 Å². The smallest absolute Gasteiger partial charge is 1.00 e. The SMILES string of the molecule is CC(C)(C)C1=[C-]CCC1.CC(C)(C)C1=[C-]CCC1.[Cl-].[Cl-].[Zr+4]. The van der Waals surface area contributed by atoms with Gasteiger partial charge in [0, 0.05) is 0 Å². The third-order valence-corrected chi connectivity index (χ3v) is 3.69. The van der Waals surface area contributed by atoms with Crippen molar-refractivity contribution in [1.82, 2.24) is 0 Å². The molecule has 0 saturated carbocycles. The number of hydrogen-bond donors (Lipinski definition) is 0. The summed E-state index contributed by atoms with van der Waals surface area (Å²) in [7, 11) is 0. The molecule has 0 saturated heterocycles. The van der Waals surface area contributed by atoms with Crippen molar-refractivity contribution < 1.29 is 51.0 Å². The molecule has 0 spiro atoms. The van der Waals surface area contributed by atoms with Crippen LogP contribution in [0.4, 0.5) is 0 Å². The second-order valence-electron chi connectivity index (χ2n) is 7.52. The van der Waals surface area contributed by atoms with E-state index in [9.17, 15) is 0 Å². The molecule has 0 aromatic rings. The third kappa shape index (κ3) is 10.4. The van der Waals surface area contributed by atoms with Crippen molar-refractivity contribution in [2.45, 2.75) is 80.1 Å². The molecule has 0 atom stereocenters. The Morgan fingerprint density at radius 2 is 0.952 bits per heavy atom. The Labute approximate surface area is 164 Å². The second-order valence-corrected chi connectivity index (χ2v) is 7.52. The Morgan fingerprint density at radius 1 is 0.667 bits per heavy atom. The van der Waals surface area contributed by atoms with Crippen LogP contribution in [0.1, 0.15) is 80.1 Å². The van der Waals surface area contributed by atoms with E-state index in [0.29, 0.717) is 10.8 Å². The van der Waals surface area contributed by atoms with Crippen molar-refractivity contribution >= 4 is 0 Å². The molecule has 0 amide bonds. The maximum atomic E-state index is 3.41. The molecule has 120 valence electrons. The Hall–Kier alpha value is 0.943. The number of allylic oxidation sites excluding steroid dienone is 4. The molecule has 0 aliphatic heterocycles. The molecule has 0 aromatic heterocycles. The fraction of sp³-hybridized carbons (Fsp3) is 0.778. The van der Waals surface area contributed by atoms with E-state index in [0.717, 1.165) is 0 Å². The molecule has 0 unspecified atom stereocenters. The fourth-order valence-corrected chi connectivity index (χ4v) is 2.47. The summed E-state index contributed by atoms with van der Waals surface area (Å²) in [6.45, 7) is 13.6. The van der Waals surface area contributed by atoms with Crippen LogP contribution in [0.3, 0.4) is 0 Å². The van der Waals surface area contributed by atoms with Gasteiger partial charge in [0.1, 0.15) is 0 Å². The van der Waals surface area contributed by atoms with Crippen molar-refractivity contribution in [2.75, 3.05) is 0 Å². The molecular formula is C18H30Cl2Zr. The van der Waals surface area contributed by atoms with Crippen LogP contribution in [0.25, 0.3) is 0 Å². The monoisotopic (exact) mass is 406 g/mol. The first-order chi connectivity index (χ1) is 8.21. The maximum Gasteiger partial charge on any atom is 4.00 e. The first-order valence-corrected chi connectivity index (χ1v) is 7.41. The normalized spacial score (nSPS) is 17.2. The number of halogens is 2. The molecule has 2 rings (SSSR count). The first kappa shape index (κ1) is 26.8. The van der Waals surface area contributed by atoms with Gasteiger partial charge in [-0.05, 0) is 10.8 Å². The zero-order chi connectivity index (χ0) is 13.8. The fourth-order valence-electron chi connectivity index (χ4n) is 2.47. The Morgan fingerprint density at radius 3 is 1.05 bits per heavy atom. The number of hydrogen-bond acceptors (Lipinski definition) is 0. The molecule has 21 heavy (non-hydrogen) atoms. The van der Waals surface area contributed by atoms with E-state index in [-0.39, 0.29) is 51.0 Å². The molecule has 0 bridgehead atoms. The summed E-state index contributed by atoms with van der Waals surface area (Å²) in [5.74, 6) is 0. The van der Waals surface area contributed by atoms with E-state index >= 15 is 0 Å². The Kier molecular flexibility index (Phi) is 14.7. The van der Waals surface area contributed by atoms with Gasteiger partial charge < -0.3 is 37.0 Å². The van der Waals surface area contributed by atoms with Gasteiger partial charge in [-0.3, -0.25) is 11.1 Å². The van der Waals surface area contributed by atoms with Crippen LogP contribution < -0.4 is 24.8 Å². The van der Waals surface area contributed by atoms with Crippen molar-refractivity contribution in [3.8, 4) is 0 Å². The molecule has 0 fully saturated rings. The maximum absolute atomic E-state index is 3.41. The predicted octanol–water partition coefficient (Wildman–Crippen LogP) is -0.103. The quantitative estimate of drug-likeness (QED) is 0.491. The summed E-state index contributed by atoms with van der Waals surface area (Å²) in [5.41, 5.74) is 3.83. The minimum atomic E-state index is 0. The van der Waals surface area contributed by atoms with Crippen LogP contribution in [0.5, 0.6) is 0 Å². The van der Waals surface area contributed by atoms with E-state index in [4.69, 9.17) is 0 Å².